The monoisotopic (exact) mass is 512 g/mol. The average Bonchev–Trinajstić information content (AvgIpc) is 3.39. The number of H-pyrrole nitrogens is 1. The summed E-state index contributed by atoms with van der Waals surface area (Å²) in [7, 11) is 0. The first kappa shape index (κ1) is 19.5. The van der Waals surface area contributed by atoms with Crippen molar-refractivity contribution in [2.75, 3.05) is 0 Å². The molecule has 0 fully saturated rings. The summed E-state index contributed by atoms with van der Waals surface area (Å²) in [5, 5.41) is 5.09. The molecule has 7 aromatic rings. The molecule has 2 heterocycles. The van der Waals surface area contributed by atoms with Gasteiger partial charge in [0, 0.05) is 42.7 Å². The van der Waals surface area contributed by atoms with Gasteiger partial charge in [-0.1, -0.05) is 52.3 Å². The minimum atomic E-state index is 1.10. The van der Waals surface area contributed by atoms with Crippen molar-refractivity contribution in [1.82, 2.24) is 9.55 Å². The number of fused-ring (bicyclic) bond motifs is 7. The van der Waals surface area contributed by atoms with Gasteiger partial charge in [-0.3, -0.25) is 0 Å². The maximum Gasteiger partial charge on any atom is 0.0541 e. The molecule has 0 aliphatic heterocycles. The molecule has 0 atom stereocenters. The number of halogens is 1. The van der Waals surface area contributed by atoms with E-state index < -0.39 is 0 Å². The van der Waals surface area contributed by atoms with Crippen LogP contribution in [0, 0.1) is 0 Å². The molecule has 0 radical (unpaired) electrons. The highest BCUT2D eigenvalue weighted by molar-refractivity contribution is 9.10. The summed E-state index contributed by atoms with van der Waals surface area (Å²) in [5.74, 6) is 0. The third-order valence-corrected chi connectivity index (χ3v) is 8.17. The summed E-state index contributed by atoms with van der Waals surface area (Å²) in [6.45, 7) is 0. The molecule has 0 spiro atoms. The number of hydrogen-bond donors (Lipinski definition) is 1. The Bertz CT molecular complexity index is 1970. The molecule has 0 unspecified atom stereocenters. The second kappa shape index (κ2) is 7.10. The zero-order chi connectivity index (χ0) is 23.1. The van der Waals surface area contributed by atoms with Crippen LogP contribution in [0.2, 0.25) is 0 Å². The summed E-state index contributed by atoms with van der Waals surface area (Å²) < 4.78 is 3.52. The molecule has 0 saturated carbocycles. The van der Waals surface area contributed by atoms with Gasteiger partial charge in [-0.15, -0.1) is 0 Å². The molecule has 0 saturated heterocycles. The van der Waals surface area contributed by atoms with Crippen LogP contribution in [0.15, 0.2) is 102 Å². The molecule has 2 nitrogen and oxygen atoms in total. The van der Waals surface area contributed by atoms with E-state index in [0.29, 0.717) is 0 Å². The SMILES string of the molecule is Brc1ccc2[nH]c3ccc(-c4ccc5c(c4)c4ccccc4n5-c4ccc5c(c4)CC5)cc3c2c1. The molecule has 8 rings (SSSR count). The van der Waals surface area contributed by atoms with Crippen LogP contribution in [-0.2, 0) is 12.8 Å². The fraction of sp³-hybridized carbons (Fsp3) is 0.0625. The Labute approximate surface area is 210 Å². The van der Waals surface area contributed by atoms with Gasteiger partial charge in [0.25, 0.3) is 0 Å². The quantitative estimate of drug-likeness (QED) is 0.238. The van der Waals surface area contributed by atoms with Crippen LogP contribution < -0.4 is 0 Å². The Morgan fingerprint density at radius 2 is 1.29 bits per heavy atom. The van der Waals surface area contributed by atoms with E-state index in [0.717, 1.165) is 9.99 Å². The van der Waals surface area contributed by atoms with Gasteiger partial charge in [-0.25, -0.2) is 0 Å². The maximum atomic E-state index is 3.63. The van der Waals surface area contributed by atoms with Crippen LogP contribution in [0.3, 0.4) is 0 Å². The summed E-state index contributed by atoms with van der Waals surface area (Å²) in [6, 6.07) is 35.8. The number of para-hydroxylation sites is 1. The number of nitrogens with zero attached hydrogens (tertiary/aromatic N) is 1. The number of benzene rings is 5. The van der Waals surface area contributed by atoms with Crippen LogP contribution in [0.25, 0.3) is 60.4 Å². The molecule has 1 aliphatic rings. The van der Waals surface area contributed by atoms with Gasteiger partial charge in [-0.05, 0) is 95.8 Å². The Morgan fingerprint density at radius 3 is 2.11 bits per heavy atom. The number of aryl methyl sites for hydroxylation is 2. The van der Waals surface area contributed by atoms with E-state index >= 15 is 0 Å². The molecule has 0 amide bonds. The lowest BCUT2D eigenvalue weighted by atomic mass is 9.88. The minimum absolute atomic E-state index is 1.10. The highest BCUT2D eigenvalue weighted by Gasteiger charge is 2.17. The highest BCUT2D eigenvalue weighted by Crippen LogP contribution is 2.37. The van der Waals surface area contributed by atoms with Crippen molar-refractivity contribution < 1.29 is 0 Å². The lowest BCUT2D eigenvalue weighted by molar-refractivity contribution is 0.836. The van der Waals surface area contributed by atoms with Gasteiger partial charge in [0.2, 0.25) is 0 Å². The molecular formula is C32H21BrN2. The lowest BCUT2D eigenvalue weighted by Crippen LogP contribution is -2.09. The molecule has 1 aliphatic carbocycles. The van der Waals surface area contributed by atoms with Gasteiger partial charge in [0.15, 0.2) is 0 Å². The van der Waals surface area contributed by atoms with Crippen LogP contribution in [0.5, 0.6) is 0 Å². The van der Waals surface area contributed by atoms with E-state index in [1.54, 1.807) is 0 Å². The molecule has 0 bridgehead atoms. The molecule has 1 N–H and O–H groups in total. The van der Waals surface area contributed by atoms with Crippen molar-refractivity contribution in [2.24, 2.45) is 0 Å². The molecule has 2 aromatic heterocycles. The maximum absolute atomic E-state index is 3.63. The van der Waals surface area contributed by atoms with E-state index in [1.165, 1.54) is 78.9 Å². The molecule has 3 heteroatoms. The summed E-state index contributed by atoms with van der Waals surface area (Å²) in [4.78, 5) is 3.55. The first-order valence-electron chi connectivity index (χ1n) is 12.1. The fourth-order valence-corrected chi connectivity index (χ4v) is 6.16. The van der Waals surface area contributed by atoms with Crippen LogP contribution in [-0.4, -0.2) is 9.55 Å². The predicted octanol–water partition coefficient (Wildman–Crippen LogP) is 8.95. The Morgan fingerprint density at radius 1 is 0.571 bits per heavy atom. The predicted molar refractivity (Wildman–Crippen MR) is 151 cm³/mol. The lowest BCUT2D eigenvalue weighted by Gasteiger charge is -2.20. The molecule has 35 heavy (non-hydrogen) atoms. The number of rotatable bonds is 2. The van der Waals surface area contributed by atoms with E-state index in [9.17, 15) is 0 Å². The van der Waals surface area contributed by atoms with Crippen molar-refractivity contribution in [1.29, 1.82) is 0 Å². The second-order valence-electron chi connectivity index (χ2n) is 9.61. The van der Waals surface area contributed by atoms with Crippen LogP contribution in [0.4, 0.5) is 0 Å². The van der Waals surface area contributed by atoms with E-state index in [-0.39, 0.29) is 0 Å². The van der Waals surface area contributed by atoms with Gasteiger partial charge < -0.3 is 9.55 Å². The Balaban J connectivity index is 1.36. The largest absolute Gasteiger partial charge is 0.355 e. The number of hydrogen-bond acceptors (Lipinski definition) is 0. The van der Waals surface area contributed by atoms with E-state index in [1.807, 2.05) is 0 Å². The number of aromatic nitrogens is 2. The smallest absolute Gasteiger partial charge is 0.0541 e. The summed E-state index contributed by atoms with van der Waals surface area (Å²) in [5.41, 5.74) is 11.6. The number of aromatic amines is 1. The first-order chi connectivity index (χ1) is 17.2. The third-order valence-electron chi connectivity index (χ3n) is 7.68. The zero-order valence-electron chi connectivity index (χ0n) is 19.0. The Kier molecular flexibility index (Phi) is 3.95. The topological polar surface area (TPSA) is 20.7 Å². The zero-order valence-corrected chi connectivity index (χ0v) is 20.6. The van der Waals surface area contributed by atoms with Crippen molar-refractivity contribution in [3.8, 4) is 16.8 Å². The Hall–Kier alpha value is -3.82. The van der Waals surface area contributed by atoms with E-state index in [4.69, 9.17) is 0 Å². The van der Waals surface area contributed by atoms with Crippen molar-refractivity contribution in [3.05, 3.63) is 113 Å². The summed E-state index contributed by atoms with van der Waals surface area (Å²) >= 11 is 3.63. The molecular weight excluding hydrogens is 492 g/mol. The third kappa shape index (κ3) is 2.82. The minimum Gasteiger partial charge on any atom is -0.355 e. The molecule has 5 aromatic carbocycles. The standard InChI is InChI=1S/C32H21BrN2/c33-23-10-13-30-27(18-23)26-16-21(8-12-29(26)34-30)22-9-14-32-28(17-22)25-3-1-2-4-31(25)35(32)24-11-7-19-5-6-20(19)15-24/h1-4,7-18,34H,5-6H2. The van der Waals surface area contributed by atoms with Gasteiger partial charge in [-0.2, -0.15) is 0 Å². The highest BCUT2D eigenvalue weighted by atomic mass is 79.9. The number of nitrogens with one attached hydrogen (secondary N) is 1. The molecule has 166 valence electrons. The van der Waals surface area contributed by atoms with Crippen molar-refractivity contribution in [3.63, 3.8) is 0 Å². The summed E-state index contributed by atoms with van der Waals surface area (Å²) in [6.07, 6.45) is 2.40. The first-order valence-corrected chi connectivity index (χ1v) is 12.9. The normalized spacial score (nSPS) is 13.1. The van der Waals surface area contributed by atoms with Gasteiger partial charge in [0.1, 0.15) is 0 Å². The van der Waals surface area contributed by atoms with Crippen LogP contribution in [0.1, 0.15) is 11.1 Å². The van der Waals surface area contributed by atoms with Crippen LogP contribution >= 0.6 is 15.9 Å². The van der Waals surface area contributed by atoms with Gasteiger partial charge in [0.05, 0.1) is 11.0 Å². The second-order valence-corrected chi connectivity index (χ2v) is 10.5. The van der Waals surface area contributed by atoms with Gasteiger partial charge >= 0.3 is 0 Å². The van der Waals surface area contributed by atoms with E-state index in [2.05, 4.69) is 123 Å². The van der Waals surface area contributed by atoms with Crippen molar-refractivity contribution >= 4 is 59.5 Å². The van der Waals surface area contributed by atoms with Crippen molar-refractivity contribution in [2.45, 2.75) is 12.8 Å². The average molecular weight is 513 g/mol. The fourth-order valence-electron chi connectivity index (χ4n) is 5.80.